The lowest BCUT2D eigenvalue weighted by molar-refractivity contribution is 0.591. The highest BCUT2D eigenvalue weighted by atomic mass is 32.1. The van der Waals surface area contributed by atoms with Crippen LogP contribution in [0, 0.1) is 0 Å². The van der Waals surface area contributed by atoms with Gasteiger partial charge in [0.05, 0.1) is 39.5 Å². The number of aromatic nitrogens is 1. The first-order chi connectivity index (χ1) is 32.9. The molecule has 67 heavy (non-hydrogen) atoms. The lowest BCUT2D eigenvalue weighted by Crippen LogP contribution is -2.61. The summed E-state index contributed by atoms with van der Waals surface area (Å²) in [5.74, 6) is 0. The van der Waals surface area contributed by atoms with Gasteiger partial charge in [-0.15, -0.1) is 22.7 Å². The van der Waals surface area contributed by atoms with Crippen LogP contribution in [0.15, 0.2) is 194 Å². The van der Waals surface area contributed by atoms with Gasteiger partial charge < -0.3 is 19.3 Å². The summed E-state index contributed by atoms with van der Waals surface area (Å²) in [6.45, 7) is 6.99. The van der Waals surface area contributed by atoms with E-state index in [1.165, 1.54) is 113 Å². The average Bonchev–Trinajstić information content (AvgIpc) is 4.04. The molecule has 0 atom stereocenters. The van der Waals surface area contributed by atoms with Crippen LogP contribution in [-0.4, -0.2) is 11.3 Å². The van der Waals surface area contributed by atoms with Crippen LogP contribution in [0.2, 0.25) is 0 Å². The van der Waals surface area contributed by atoms with Crippen LogP contribution >= 0.6 is 22.7 Å². The molecule has 316 valence electrons. The Morgan fingerprint density at radius 1 is 0.448 bits per heavy atom. The van der Waals surface area contributed by atoms with Crippen molar-refractivity contribution in [2.24, 2.45) is 0 Å². The first-order valence-electron chi connectivity index (χ1n) is 23.2. The minimum atomic E-state index is -0.0231. The molecule has 0 fully saturated rings. The molecule has 0 unspecified atom stereocenters. The number of hydrogen-bond donors (Lipinski definition) is 0. The van der Waals surface area contributed by atoms with E-state index < -0.39 is 0 Å². The Hall–Kier alpha value is -7.58. The van der Waals surface area contributed by atoms with Crippen molar-refractivity contribution in [3.63, 3.8) is 0 Å². The summed E-state index contributed by atoms with van der Waals surface area (Å²) in [6.07, 6.45) is 0. The second kappa shape index (κ2) is 13.5. The molecule has 0 aliphatic carbocycles. The van der Waals surface area contributed by atoms with Crippen LogP contribution in [0.25, 0.3) is 57.8 Å². The first kappa shape index (κ1) is 37.6. The average molecular weight is 893 g/mol. The van der Waals surface area contributed by atoms with Crippen molar-refractivity contribution in [2.75, 3.05) is 14.7 Å². The third-order valence-electron chi connectivity index (χ3n) is 14.6. The van der Waals surface area contributed by atoms with Crippen LogP contribution in [-0.2, 0) is 5.41 Å². The van der Waals surface area contributed by atoms with Crippen LogP contribution in [0.4, 0.5) is 51.2 Å². The van der Waals surface area contributed by atoms with Gasteiger partial charge in [0.25, 0.3) is 6.71 Å². The normalized spacial score (nSPS) is 13.5. The molecule has 0 N–H and O–H groups in total. The highest BCUT2D eigenvalue weighted by Gasteiger charge is 2.48. The molecule has 0 amide bonds. The minimum Gasteiger partial charge on any atom is -0.310 e. The maximum absolute atomic E-state index is 2.65. The second-order valence-corrected chi connectivity index (χ2v) is 21.5. The summed E-state index contributed by atoms with van der Waals surface area (Å²) in [7, 11) is 0. The minimum absolute atomic E-state index is 0.00970. The summed E-state index contributed by atoms with van der Waals surface area (Å²) in [4.78, 5) is 7.72. The van der Waals surface area contributed by atoms with Gasteiger partial charge in [-0.2, -0.15) is 0 Å². The fourth-order valence-corrected chi connectivity index (χ4v) is 14.1. The molecule has 3 aromatic heterocycles. The molecule has 3 aliphatic rings. The first-order valence-corrected chi connectivity index (χ1v) is 24.8. The van der Waals surface area contributed by atoms with Gasteiger partial charge in [-0.05, 0) is 107 Å². The summed E-state index contributed by atoms with van der Waals surface area (Å²) in [5.41, 5.74) is 18.4. The number of hydrogen-bond acceptors (Lipinski definition) is 5. The fraction of sp³-hybridized carbons (Fsp3) is 0.0667. The molecule has 4 nitrogen and oxygen atoms in total. The van der Waals surface area contributed by atoms with Gasteiger partial charge in [-0.25, -0.2) is 0 Å². The Labute approximate surface area is 396 Å². The second-order valence-electron chi connectivity index (χ2n) is 19.3. The number of thiophene rings is 2. The predicted octanol–water partition coefficient (Wildman–Crippen LogP) is 15.5. The van der Waals surface area contributed by atoms with E-state index in [4.69, 9.17) is 0 Å². The van der Waals surface area contributed by atoms with Gasteiger partial charge in [-0.1, -0.05) is 130 Å². The Morgan fingerprint density at radius 2 is 1.10 bits per heavy atom. The van der Waals surface area contributed by atoms with E-state index in [-0.39, 0.29) is 12.1 Å². The molecule has 9 aromatic carbocycles. The van der Waals surface area contributed by atoms with Crippen molar-refractivity contribution in [3.8, 4) is 5.69 Å². The van der Waals surface area contributed by atoms with Gasteiger partial charge in [0, 0.05) is 74.2 Å². The third-order valence-corrected chi connectivity index (χ3v) is 16.9. The molecule has 0 saturated heterocycles. The van der Waals surface area contributed by atoms with E-state index in [0.717, 1.165) is 17.1 Å². The topological polar surface area (TPSA) is 14.7 Å². The van der Waals surface area contributed by atoms with Crippen molar-refractivity contribution < 1.29 is 0 Å². The monoisotopic (exact) mass is 892 g/mol. The predicted molar refractivity (Wildman–Crippen MR) is 290 cm³/mol. The zero-order valence-electron chi connectivity index (χ0n) is 37.2. The largest absolute Gasteiger partial charge is 0.310 e. The molecule has 12 aromatic rings. The van der Waals surface area contributed by atoms with Crippen molar-refractivity contribution in [1.82, 2.24) is 4.57 Å². The van der Waals surface area contributed by atoms with Crippen LogP contribution in [0.1, 0.15) is 26.3 Å². The van der Waals surface area contributed by atoms with E-state index >= 15 is 0 Å². The molecule has 0 spiro atoms. The van der Waals surface area contributed by atoms with Gasteiger partial charge >= 0.3 is 0 Å². The van der Waals surface area contributed by atoms with Crippen molar-refractivity contribution in [3.05, 3.63) is 200 Å². The van der Waals surface area contributed by atoms with Crippen LogP contribution in [0.3, 0.4) is 0 Å². The third kappa shape index (κ3) is 5.13. The Balaban J connectivity index is 1.11. The molecule has 7 heteroatoms. The lowest BCUT2D eigenvalue weighted by Gasteiger charge is -2.46. The smallest absolute Gasteiger partial charge is 0.264 e. The fourth-order valence-electron chi connectivity index (χ4n) is 11.7. The Morgan fingerprint density at radius 3 is 1.90 bits per heavy atom. The van der Waals surface area contributed by atoms with Crippen molar-refractivity contribution in [1.29, 1.82) is 0 Å². The Bertz CT molecular complexity index is 4030. The quantitative estimate of drug-likeness (QED) is 0.164. The SMILES string of the molecule is CC(C)(C)c1ccc2sc3c(c2c1)N(c1ccc2c(c1)sc1ccccc12)c1cc(N(c2ccccc2)c2ccccc2)cc2c1B3c1cccc3c1N2c1cccc2c4ccccc4n-3c12. The van der Waals surface area contributed by atoms with Crippen molar-refractivity contribution >= 4 is 148 Å². The zero-order valence-corrected chi connectivity index (χ0v) is 38.8. The number of rotatable bonds is 4. The molecule has 0 radical (unpaired) electrons. The number of para-hydroxylation sites is 5. The molecule has 3 aliphatic heterocycles. The van der Waals surface area contributed by atoms with E-state index in [2.05, 4.69) is 234 Å². The maximum atomic E-state index is 2.65. The van der Waals surface area contributed by atoms with Gasteiger partial charge in [0.15, 0.2) is 0 Å². The maximum Gasteiger partial charge on any atom is 0.264 e. The summed E-state index contributed by atoms with van der Waals surface area (Å²) < 4.78 is 7.85. The highest BCUT2D eigenvalue weighted by molar-refractivity contribution is 7.33. The zero-order chi connectivity index (χ0) is 44.3. The standard InChI is InChI=1S/C60H41BN4S2/c1-60(2,3)36-28-31-53-45(32-36)57-59(67-53)61-46-23-15-26-49-58(46)65(48-25-14-22-44-41-20-10-12-24-47(41)64(49)56(44)48)51-34-40(62(37-16-6-4-7-17-37)38-18-8-5-9-19-38)33-50(55(51)61)63(57)39-29-30-43-42-21-11-13-27-52(42)66-54(43)35-39/h4-35H,1-3H3. The van der Waals surface area contributed by atoms with E-state index in [1.54, 1.807) is 0 Å². The van der Waals surface area contributed by atoms with Gasteiger partial charge in [-0.3, -0.25) is 0 Å². The molecule has 15 rings (SSSR count). The lowest BCUT2D eigenvalue weighted by atomic mass is 9.36. The number of anilines is 9. The van der Waals surface area contributed by atoms with Gasteiger partial charge in [0.1, 0.15) is 0 Å². The number of benzene rings is 9. The van der Waals surface area contributed by atoms with Crippen LogP contribution in [0.5, 0.6) is 0 Å². The summed E-state index contributed by atoms with van der Waals surface area (Å²) in [5, 5.41) is 6.47. The van der Waals surface area contributed by atoms with E-state index in [1.807, 2.05) is 22.7 Å². The number of nitrogens with zero attached hydrogens (tertiary/aromatic N) is 4. The number of fused-ring (bicyclic) bond motifs is 14. The highest BCUT2D eigenvalue weighted by Crippen LogP contribution is 2.55. The summed E-state index contributed by atoms with van der Waals surface area (Å²) in [6, 6.07) is 73.0. The van der Waals surface area contributed by atoms with E-state index in [0.29, 0.717) is 0 Å². The summed E-state index contributed by atoms with van der Waals surface area (Å²) >= 11 is 3.86. The molecule has 0 saturated carbocycles. The molecular formula is C60H41BN4S2. The Kier molecular flexibility index (Phi) is 7.59. The van der Waals surface area contributed by atoms with E-state index in [9.17, 15) is 0 Å². The van der Waals surface area contributed by atoms with Crippen LogP contribution < -0.4 is 30.4 Å². The molecular weight excluding hydrogens is 852 g/mol. The molecule has 0 bridgehead atoms. The van der Waals surface area contributed by atoms with Crippen molar-refractivity contribution in [2.45, 2.75) is 26.2 Å². The molecule has 6 heterocycles. The van der Waals surface area contributed by atoms with Gasteiger partial charge in [0.2, 0.25) is 0 Å².